The minimum absolute atomic E-state index is 0.204. The van der Waals surface area contributed by atoms with Crippen LogP contribution >= 0.6 is 34.8 Å². The monoisotopic (exact) mass is 410 g/mol. The third kappa shape index (κ3) is 4.78. The molecule has 0 aliphatic rings. The minimum Gasteiger partial charge on any atom is -0.332 e. The molecule has 0 atom stereocenters. The third-order valence-corrected chi connectivity index (χ3v) is 3.74. The molecule has 0 saturated heterocycles. The second-order valence-electron chi connectivity index (χ2n) is 4.79. The zero-order valence-corrected chi connectivity index (χ0v) is 14.7. The van der Waals surface area contributed by atoms with Crippen molar-refractivity contribution < 1.29 is 4.79 Å². The zero-order valence-electron chi connectivity index (χ0n) is 11.7. The summed E-state index contributed by atoms with van der Waals surface area (Å²) < 4.78 is 1.14. The van der Waals surface area contributed by atoms with Gasteiger partial charge in [0.05, 0.1) is 0 Å². The van der Waals surface area contributed by atoms with Crippen molar-refractivity contribution in [3.05, 3.63) is 62.7 Å². The van der Waals surface area contributed by atoms with Crippen molar-refractivity contribution in [2.24, 2.45) is 0 Å². The molecule has 0 bridgehead atoms. The summed E-state index contributed by atoms with van der Waals surface area (Å²) in [5, 5.41) is 5.98. The number of carbonyl (C=O) groups is 1. The van der Waals surface area contributed by atoms with Gasteiger partial charge in [0.15, 0.2) is 5.11 Å². The van der Waals surface area contributed by atoms with Gasteiger partial charge in [-0.2, -0.15) is 0 Å². The van der Waals surface area contributed by atoms with Crippen LogP contribution < -0.4 is 10.6 Å². The molecule has 1 amide bonds. The summed E-state index contributed by atoms with van der Waals surface area (Å²) in [5.74, 6) is -0.204. The molecule has 0 aliphatic heterocycles. The number of aryl methyl sites for hydroxylation is 2. The molecule has 2 N–H and O–H groups in total. The minimum atomic E-state index is -0.204. The van der Waals surface area contributed by atoms with Crippen LogP contribution in [0.5, 0.6) is 0 Å². The van der Waals surface area contributed by atoms with Crippen LogP contribution in [0.15, 0.2) is 42.5 Å². The molecule has 3 nitrogen and oxygen atoms in total. The van der Waals surface area contributed by atoms with Gasteiger partial charge in [0, 0.05) is 14.8 Å². The summed E-state index contributed by atoms with van der Waals surface area (Å²) in [7, 11) is 0. The van der Waals surface area contributed by atoms with Crippen molar-refractivity contribution in [3.63, 3.8) is 0 Å². The maximum atomic E-state index is 12.2. The summed E-state index contributed by atoms with van der Waals surface area (Å²) in [4.78, 5) is 12.2. The molecule has 0 aromatic heterocycles. The second kappa shape index (κ2) is 7.00. The number of carbonyl (C=O) groups excluding carboxylic acids is 1. The molecule has 0 aliphatic carbocycles. The number of hydrogen-bond donors (Lipinski definition) is 2. The van der Waals surface area contributed by atoms with Crippen molar-refractivity contribution in [1.29, 1.82) is 0 Å². The molecule has 0 saturated carbocycles. The van der Waals surface area contributed by atoms with E-state index in [1.165, 1.54) is 0 Å². The van der Waals surface area contributed by atoms with Gasteiger partial charge >= 0.3 is 0 Å². The van der Waals surface area contributed by atoms with Gasteiger partial charge in [0.2, 0.25) is 0 Å². The first kappa shape index (κ1) is 15.9. The van der Waals surface area contributed by atoms with Crippen molar-refractivity contribution in [3.8, 4) is 0 Å². The van der Waals surface area contributed by atoms with Gasteiger partial charge in [-0.05, 0) is 85.1 Å². The van der Waals surface area contributed by atoms with E-state index in [0.29, 0.717) is 10.7 Å². The molecule has 21 heavy (non-hydrogen) atoms. The first-order valence-electron chi connectivity index (χ1n) is 6.40. The number of nitrogens with one attached hydrogen (secondary N) is 2. The molecule has 0 fully saturated rings. The maximum absolute atomic E-state index is 12.2. The van der Waals surface area contributed by atoms with Crippen LogP contribution in [0.1, 0.15) is 21.5 Å². The van der Waals surface area contributed by atoms with Gasteiger partial charge in [-0.15, -0.1) is 0 Å². The van der Waals surface area contributed by atoms with Gasteiger partial charge in [0.25, 0.3) is 5.91 Å². The standard InChI is InChI=1S/C16H15IN2OS/c1-10-7-11(2)9-12(8-10)15(20)19-16(21)18-14-5-3-13(17)4-6-14/h3-9H,1-2H3,(H2,18,19,20,21). The lowest BCUT2D eigenvalue weighted by Gasteiger charge is -2.10. The summed E-state index contributed by atoms with van der Waals surface area (Å²) >= 11 is 7.40. The molecule has 5 heteroatoms. The van der Waals surface area contributed by atoms with Crippen LogP contribution in [0.4, 0.5) is 5.69 Å². The molecule has 2 aromatic rings. The highest BCUT2D eigenvalue weighted by molar-refractivity contribution is 14.1. The Hall–Kier alpha value is -1.47. The van der Waals surface area contributed by atoms with E-state index in [1.54, 1.807) is 0 Å². The van der Waals surface area contributed by atoms with Crippen molar-refractivity contribution in [1.82, 2.24) is 5.32 Å². The van der Waals surface area contributed by atoms with Crippen LogP contribution in [-0.4, -0.2) is 11.0 Å². The molecule has 0 spiro atoms. The molecule has 108 valence electrons. The average molecular weight is 410 g/mol. The Morgan fingerprint density at radius 2 is 1.62 bits per heavy atom. The second-order valence-corrected chi connectivity index (χ2v) is 6.45. The molecule has 0 heterocycles. The fourth-order valence-electron chi connectivity index (χ4n) is 1.98. The van der Waals surface area contributed by atoms with Crippen molar-refractivity contribution in [2.45, 2.75) is 13.8 Å². The maximum Gasteiger partial charge on any atom is 0.257 e. The smallest absolute Gasteiger partial charge is 0.257 e. The fourth-order valence-corrected chi connectivity index (χ4v) is 2.55. The van der Waals surface area contributed by atoms with E-state index in [4.69, 9.17) is 12.2 Å². The van der Waals surface area contributed by atoms with Gasteiger partial charge < -0.3 is 5.32 Å². The predicted molar refractivity (Wildman–Crippen MR) is 98.8 cm³/mol. The van der Waals surface area contributed by atoms with Gasteiger partial charge in [-0.25, -0.2) is 0 Å². The van der Waals surface area contributed by atoms with E-state index in [1.807, 2.05) is 56.3 Å². The Labute approximate surface area is 143 Å². The van der Waals surface area contributed by atoms with Crippen LogP contribution in [-0.2, 0) is 0 Å². The number of amides is 1. The lowest BCUT2D eigenvalue weighted by molar-refractivity contribution is 0.0977. The Morgan fingerprint density at radius 3 is 2.19 bits per heavy atom. The molecular weight excluding hydrogens is 395 g/mol. The van der Waals surface area contributed by atoms with E-state index < -0.39 is 0 Å². The largest absolute Gasteiger partial charge is 0.332 e. The predicted octanol–water partition coefficient (Wildman–Crippen LogP) is 4.03. The lowest BCUT2D eigenvalue weighted by atomic mass is 10.1. The molecule has 2 aromatic carbocycles. The summed E-state index contributed by atoms with van der Waals surface area (Å²) in [6.07, 6.45) is 0. The summed E-state index contributed by atoms with van der Waals surface area (Å²) in [6.45, 7) is 3.93. The summed E-state index contributed by atoms with van der Waals surface area (Å²) in [5.41, 5.74) is 3.56. The number of benzene rings is 2. The number of halogens is 1. The van der Waals surface area contributed by atoms with Crippen LogP contribution in [0.2, 0.25) is 0 Å². The Kier molecular flexibility index (Phi) is 5.30. The first-order valence-corrected chi connectivity index (χ1v) is 7.89. The average Bonchev–Trinajstić information content (AvgIpc) is 2.40. The first-order chi connectivity index (χ1) is 9.94. The van der Waals surface area contributed by atoms with E-state index >= 15 is 0 Å². The summed E-state index contributed by atoms with van der Waals surface area (Å²) in [6, 6.07) is 13.5. The van der Waals surface area contributed by atoms with Crippen LogP contribution in [0.3, 0.4) is 0 Å². The fraction of sp³-hybridized carbons (Fsp3) is 0.125. The van der Waals surface area contributed by atoms with Gasteiger partial charge in [-0.3, -0.25) is 10.1 Å². The Morgan fingerprint density at radius 1 is 1.05 bits per heavy atom. The van der Waals surface area contributed by atoms with Crippen molar-refractivity contribution >= 4 is 51.5 Å². The number of hydrogen-bond acceptors (Lipinski definition) is 2. The highest BCUT2D eigenvalue weighted by atomic mass is 127. The number of thiocarbonyl (C=S) groups is 1. The number of rotatable bonds is 2. The van der Waals surface area contributed by atoms with E-state index in [-0.39, 0.29) is 5.91 Å². The molecule has 2 rings (SSSR count). The molecular formula is C16H15IN2OS. The highest BCUT2D eigenvalue weighted by Gasteiger charge is 2.09. The van der Waals surface area contributed by atoms with Crippen molar-refractivity contribution in [2.75, 3.05) is 5.32 Å². The highest BCUT2D eigenvalue weighted by Crippen LogP contribution is 2.11. The Bertz CT molecular complexity index is 663. The van der Waals surface area contributed by atoms with E-state index in [0.717, 1.165) is 20.4 Å². The normalized spacial score (nSPS) is 10.0. The number of anilines is 1. The van der Waals surface area contributed by atoms with Crippen LogP contribution in [0, 0.1) is 17.4 Å². The van der Waals surface area contributed by atoms with E-state index in [9.17, 15) is 4.79 Å². The van der Waals surface area contributed by atoms with E-state index in [2.05, 4.69) is 33.2 Å². The lowest BCUT2D eigenvalue weighted by Crippen LogP contribution is -2.34. The molecule has 0 unspecified atom stereocenters. The quantitative estimate of drug-likeness (QED) is 0.580. The third-order valence-electron chi connectivity index (χ3n) is 2.81. The SMILES string of the molecule is Cc1cc(C)cc(C(=O)NC(=S)Nc2ccc(I)cc2)c1. The van der Waals surface area contributed by atoms with Crippen LogP contribution in [0.25, 0.3) is 0 Å². The zero-order chi connectivity index (χ0) is 15.4. The Balaban J connectivity index is 2.01. The topological polar surface area (TPSA) is 41.1 Å². The van der Waals surface area contributed by atoms with Gasteiger partial charge in [0.1, 0.15) is 0 Å². The van der Waals surface area contributed by atoms with Gasteiger partial charge in [-0.1, -0.05) is 17.2 Å². The molecule has 0 radical (unpaired) electrons.